The van der Waals surface area contributed by atoms with Gasteiger partial charge in [0.15, 0.2) is 0 Å². The summed E-state index contributed by atoms with van der Waals surface area (Å²) in [6.07, 6.45) is 1.44. The molecule has 0 spiro atoms. The van der Waals surface area contributed by atoms with Crippen molar-refractivity contribution in [1.82, 2.24) is 0 Å². The third-order valence-corrected chi connectivity index (χ3v) is 1.03. The Morgan fingerprint density at radius 1 is 1.30 bits per heavy atom. The molecule has 0 heterocycles. The molecule has 0 amide bonds. The van der Waals surface area contributed by atoms with Gasteiger partial charge in [-0.25, -0.2) is 0 Å². The lowest BCUT2D eigenvalue weighted by Gasteiger charge is -1.98. The van der Waals surface area contributed by atoms with Gasteiger partial charge in [0.25, 0.3) is 0 Å². The molecule has 0 bridgehead atoms. The fourth-order valence-corrected chi connectivity index (χ4v) is 0.600. The minimum Gasteiger partial charge on any atom is -0.300 e. The molecule has 0 N–H and O–H groups in total. The third-order valence-electron chi connectivity index (χ3n) is 1.03. The highest BCUT2D eigenvalue weighted by atomic mass is 16.1. The molecule has 0 aliphatic rings. The van der Waals surface area contributed by atoms with E-state index in [9.17, 15) is 4.79 Å². The number of hydrogen-bond donors (Lipinski definition) is 0. The fourth-order valence-electron chi connectivity index (χ4n) is 0.600. The highest BCUT2D eigenvalue weighted by molar-refractivity contribution is 5.78. The zero-order valence-corrected chi connectivity index (χ0v) is 5.90. The summed E-state index contributed by atoms with van der Waals surface area (Å²) >= 11 is 0. The lowest BCUT2D eigenvalue weighted by Crippen LogP contribution is -1.99. The van der Waals surface area contributed by atoms with Crippen molar-refractivity contribution in [3.05, 3.63) is 0 Å². The molecule has 0 saturated carbocycles. The summed E-state index contributed by atoms with van der Waals surface area (Å²) in [6.45, 7) is 6.03. The Balaban J connectivity index is -0.000000245. The van der Waals surface area contributed by atoms with Gasteiger partial charge in [0.05, 0.1) is 0 Å². The van der Waals surface area contributed by atoms with Gasteiger partial charge in [0.2, 0.25) is 0 Å². The molecular formula is C9H22O. The first-order valence-corrected chi connectivity index (χ1v) is 3.18. The minimum absolute atomic E-state index is 0. The highest BCUT2D eigenvalue weighted by Gasteiger charge is 1.99. The van der Waals surface area contributed by atoms with Crippen molar-refractivity contribution in [3.8, 4) is 0 Å². The molecule has 0 aromatic heterocycles. The first kappa shape index (κ1) is 16.3. The molecule has 0 radical (unpaired) electrons. The van der Waals surface area contributed by atoms with Crippen LogP contribution in [0, 0.1) is 5.92 Å². The number of ketones is 1. The summed E-state index contributed by atoms with van der Waals surface area (Å²) in [4.78, 5) is 10.6. The van der Waals surface area contributed by atoms with Gasteiger partial charge in [0, 0.05) is 12.8 Å². The van der Waals surface area contributed by atoms with Gasteiger partial charge in [-0.3, -0.25) is 4.79 Å². The molecule has 0 saturated heterocycles. The van der Waals surface area contributed by atoms with Crippen molar-refractivity contribution >= 4 is 5.78 Å². The molecule has 0 fully saturated rings. The normalized spacial score (nSPS) is 8.00. The first-order valence-electron chi connectivity index (χ1n) is 3.18. The average molecular weight is 146 g/mol. The van der Waals surface area contributed by atoms with Crippen LogP contribution < -0.4 is 0 Å². The van der Waals surface area contributed by atoms with E-state index in [1.165, 1.54) is 0 Å². The summed E-state index contributed by atoms with van der Waals surface area (Å²) in [7, 11) is 0. The maximum atomic E-state index is 10.6. The molecule has 0 aliphatic carbocycles. The molecular weight excluding hydrogens is 124 g/mol. The lowest BCUT2D eigenvalue weighted by atomic mass is 10.1. The summed E-state index contributed by atoms with van der Waals surface area (Å²) in [5.74, 6) is 0.905. The van der Waals surface area contributed by atoms with Crippen LogP contribution in [-0.2, 0) is 4.79 Å². The van der Waals surface area contributed by atoms with Crippen molar-refractivity contribution in [2.24, 2.45) is 5.92 Å². The van der Waals surface area contributed by atoms with Crippen LogP contribution in [0.15, 0.2) is 0 Å². The van der Waals surface area contributed by atoms with Gasteiger partial charge in [0.1, 0.15) is 5.78 Å². The van der Waals surface area contributed by atoms with Crippen LogP contribution in [0.5, 0.6) is 0 Å². The van der Waals surface area contributed by atoms with E-state index in [2.05, 4.69) is 13.8 Å². The minimum atomic E-state index is 0. The van der Waals surface area contributed by atoms with E-state index in [0.29, 0.717) is 18.1 Å². The average Bonchev–Trinajstić information content (AvgIpc) is 1.65. The number of rotatable bonds is 3. The molecule has 0 aromatic carbocycles. The Labute approximate surface area is 65.8 Å². The predicted octanol–water partition coefficient (Wildman–Crippen LogP) is 3.28. The molecule has 1 heteroatoms. The first-order chi connectivity index (χ1) is 3.66. The van der Waals surface area contributed by atoms with Crippen LogP contribution in [-0.4, -0.2) is 5.78 Å². The van der Waals surface area contributed by atoms with Crippen LogP contribution in [0.25, 0.3) is 0 Å². The number of carbonyl (C=O) groups is 1. The second-order valence-corrected chi connectivity index (χ2v) is 2.49. The van der Waals surface area contributed by atoms with Gasteiger partial charge >= 0.3 is 0 Å². The number of hydrogen-bond acceptors (Lipinski definition) is 1. The van der Waals surface area contributed by atoms with E-state index >= 15 is 0 Å². The standard InChI is InChI=1S/C7H14O.2CH4/c1-4-7(8)5-6(2)3;;/h6H,4-5H2,1-3H3;2*1H4. The van der Waals surface area contributed by atoms with Crippen LogP contribution in [0.1, 0.15) is 48.5 Å². The Kier molecular flexibility index (Phi) is 14.2. The van der Waals surface area contributed by atoms with Crippen LogP contribution in [0.3, 0.4) is 0 Å². The van der Waals surface area contributed by atoms with Crippen molar-refractivity contribution in [1.29, 1.82) is 0 Å². The van der Waals surface area contributed by atoms with E-state index in [1.807, 2.05) is 6.92 Å². The van der Waals surface area contributed by atoms with Crippen LogP contribution in [0.4, 0.5) is 0 Å². The summed E-state index contributed by atoms with van der Waals surface area (Å²) in [5, 5.41) is 0. The Bertz CT molecular complexity index is 74.8. The van der Waals surface area contributed by atoms with Gasteiger partial charge in [-0.15, -0.1) is 0 Å². The lowest BCUT2D eigenvalue weighted by molar-refractivity contribution is -0.119. The SMILES string of the molecule is C.C.CCC(=O)CC(C)C. The smallest absolute Gasteiger partial charge is 0.132 e. The maximum absolute atomic E-state index is 10.6. The molecule has 0 atom stereocenters. The van der Waals surface area contributed by atoms with Gasteiger partial charge in [-0.05, 0) is 5.92 Å². The Morgan fingerprint density at radius 2 is 1.70 bits per heavy atom. The van der Waals surface area contributed by atoms with E-state index in [-0.39, 0.29) is 14.9 Å². The quantitative estimate of drug-likeness (QED) is 0.597. The van der Waals surface area contributed by atoms with Gasteiger partial charge in [-0.2, -0.15) is 0 Å². The number of Topliss-reactive ketones (excluding diaryl/α,β-unsaturated/α-hetero) is 1. The second kappa shape index (κ2) is 8.67. The zero-order valence-electron chi connectivity index (χ0n) is 5.90. The molecule has 1 nitrogen and oxygen atoms in total. The molecule has 0 rings (SSSR count). The van der Waals surface area contributed by atoms with Gasteiger partial charge < -0.3 is 0 Å². The van der Waals surface area contributed by atoms with E-state index in [4.69, 9.17) is 0 Å². The zero-order chi connectivity index (χ0) is 6.57. The second-order valence-electron chi connectivity index (χ2n) is 2.49. The van der Waals surface area contributed by atoms with Crippen molar-refractivity contribution < 1.29 is 4.79 Å². The van der Waals surface area contributed by atoms with Crippen LogP contribution in [0.2, 0.25) is 0 Å². The number of carbonyl (C=O) groups excluding carboxylic acids is 1. The van der Waals surface area contributed by atoms with Crippen molar-refractivity contribution in [2.75, 3.05) is 0 Å². The maximum Gasteiger partial charge on any atom is 0.132 e. The topological polar surface area (TPSA) is 17.1 Å². The largest absolute Gasteiger partial charge is 0.300 e. The van der Waals surface area contributed by atoms with Crippen LogP contribution >= 0.6 is 0 Å². The molecule has 0 aromatic rings. The predicted molar refractivity (Wildman–Crippen MR) is 48.2 cm³/mol. The van der Waals surface area contributed by atoms with E-state index in [1.54, 1.807) is 0 Å². The molecule has 64 valence electrons. The summed E-state index contributed by atoms with van der Waals surface area (Å²) in [6, 6.07) is 0. The molecule has 0 unspecified atom stereocenters. The fraction of sp³-hybridized carbons (Fsp3) is 0.889. The monoisotopic (exact) mass is 146 g/mol. The van der Waals surface area contributed by atoms with Crippen molar-refractivity contribution in [2.45, 2.75) is 48.5 Å². The van der Waals surface area contributed by atoms with Gasteiger partial charge in [-0.1, -0.05) is 35.6 Å². The summed E-state index contributed by atoms with van der Waals surface area (Å²) < 4.78 is 0. The summed E-state index contributed by atoms with van der Waals surface area (Å²) in [5.41, 5.74) is 0. The van der Waals surface area contributed by atoms with Crippen molar-refractivity contribution in [3.63, 3.8) is 0 Å². The Morgan fingerprint density at radius 3 is 1.80 bits per heavy atom. The Hall–Kier alpha value is -0.330. The molecule has 0 aliphatic heterocycles. The third kappa shape index (κ3) is 10.6. The molecule has 10 heavy (non-hydrogen) atoms. The highest BCUT2D eigenvalue weighted by Crippen LogP contribution is 2.01. The van der Waals surface area contributed by atoms with E-state index < -0.39 is 0 Å². The van der Waals surface area contributed by atoms with E-state index in [0.717, 1.165) is 6.42 Å².